The van der Waals surface area contributed by atoms with E-state index >= 15 is 0 Å². The zero-order chi connectivity index (χ0) is 8.97. The summed E-state index contributed by atoms with van der Waals surface area (Å²) in [5, 5.41) is 2.27. The van der Waals surface area contributed by atoms with Crippen molar-refractivity contribution in [1.82, 2.24) is 9.78 Å². The highest BCUT2D eigenvalue weighted by molar-refractivity contribution is 5.68. The van der Waals surface area contributed by atoms with Crippen LogP contribution in [0.1, 0.15) is 13.3 Å². The van der Waals surface area contributed by atoms with Gasteiger partial charge in [-0.3, -0.25) is 9.89 Å². The van der Waals surface area contributed by atoms with Gasteiger partial charge in [-0.2, -0.15) is 4.68 Å². The van der Waals surface area contributed by atoms with Crippen LogP contribution in [-0.2, 0) is 4.74 Å². The number of hydrogen-bond acceptors (Lipinski definition) is 3. The maximum absolute atomic E-state index is 11.0. The van der Waals surface area contributed by atoms with E-state index in [2.05, 4.69) is 5.10 Å². The van der Waals surface area contributed by atoms with Crippen LogP contribution in [0.3, 0.4) is 0 Å². The van der Waals surface area contributed by atoms with Crippen molar-refractivity contribution in [3.8, 4) is 0 Å². The van der Waals surface area contributed by atoms with Gasteiger partial charge >= 0.3 is 6.09 Å². The third kappa shape index (κ3) is 1.98. The molecule has 0 bridgehead atoms. The minimum atomic E-state index is -0.557. The number of nitrogens with one attached hydrogen (secondary N) is 1. The van der Waals surface area contributed by atoms with Crippen LogP contribution < -0.4 is 5.56 Å². The van der Waals surface area contributed by atoms with E-state index < -0.39 is 6.09 Å². The summed E-state index contributed by atoms with van der Waals surface area (Å²) in [5.41, 5.74) is -0.316. The van der Waals surface area contributed by atoms with E-state index in [1.54, 1.807) is 0 Å². The zero-order valence-corrected chi connectivity index (χ0v) is 6.74. The minimum Gasteiger partial charge on any atom is -0.448 e. The topological polar surface area (TPSA) is 64.1 Å². The van der Waals surface area contributed by atoms with E-state index in [1.807, 2.05) is 6.92 Å². The fraction of sp³-hybridized carbons (Fsp3) is 0.429. The fourth-order valence-electron chi connectivity index (χ4n) is 0.701. The molecule has 1 aromatic rings. The first-order chi connectivity index (χ1) is 5.74. The predicted octanol–water partition coefficient (Wildman–Crippen LogP) is 0.571. The Morgan fingerprint density at radius 1 is 1.75 bits per heavy atom. The van der Waals surface area contributed by atoms with Gasteiger partial charge in [0.05, 0.1) is 6.61 Å². The van der Waals surface area contributed by atoms with Gasteiger partial charge in [-0.15, -0.1) is 0 Å². The van der Waals surface area contributed by atoms with Gasteiger partial charge in [0.1, 0.15) is 0 Å². The number of aromatic nitrogens is 2. The summed E-state index contributed by atoms with van der Waals surface area (Å²) >= 11 is 0. The number of nitrogens with zero attached hydrogens (tertiary/aromatic N) is 1. The van der Waals surface area contributed by atoms with E-state index in [4.69, 9.17) is 4.74 Å². The molecule has 12 heavy (non-hydrogen) atoms. The molecule has 0 saturated carbocycles. The van der Waals surface area contributed by atoms with E-state index in [9.17, 15) is 9.59 Å². The molecule has 0 aliphatic rings. The van der Waals surface area contributed by atoms with Gasteiger partial charge in [0, 0.05) is 12.3 Å². The van der Waals surface area contributed by atoms with Gasteiger partial charge in [-0.1, -0.05) is 6.92 Å². The number of carbonyl (C=O) groups is 1. The maximum atomic E-state index is 11.0. The number of carbonyl (C=O) groups excluding carboxylic acids is 1. The Hall–Kier alpha value is -1.52. The molecule has 0 fully saturated rings. The normalized spacial score (nSPS) is 9.75. The summed E-state index contributed by atoms with van der Waals surface area (Å²) in [5.74, 6) is 0. The van der Waals surface area contributed by atoms with Gasteiger partial charge in [0.2, 0.25) is 0 Å². The highest BCUT2D eigenvalue weighted by Crippen LogP contribution is 1.87. The van der Waals surface area contributed by atoms with Gasteiger partial charge in [0.15, 0.2) is 0 Å². The predicted molar refractivity (Wildman–Crippen MR) is 42.1 cm³/mol. The van der Waals surface area contributed by atoms with Crippen LogP contribution in [-0.4, -0.2) is 22.5 Å². The summed E-state index contributed by atoms with van der Waals surface area (Å²) in [7, 11) is 0. The van der Waals surface area contributed by atoms with Crippen molar-refractivity contribution in [2.75, 3.05) is 6.61 Å². The van der Waals surface area contributed by atoms with Crippen molar-refractivity contribution in [2.45, 2.75) is 13.3 Å². The number of hydrogen-bond donors (Lipinski definition) is 1. The summed E-state index contributed by atoms with van der Waals surface area (Å²) in [6.07, 6.45) is 1.54. The quantitative estimate of drug-likeness (QED) is 0.705. The lowest BCUT2D eigenvalue weighted by molar-refractivity contribution is 0.144. The third-order valence-electron chi connectivity index (χ3n) is 1.23. The first-order valence-corrected chi connectivity index (χ1v) is 3.69. The molecular weight excluding hydrogens is 160 g/mol. The minimum absolute atomic E-state index is 0.316. The average Bonchev–Trinajstić information content (AvgIpc) is 2.47. The molecule has 0 saturated heterocycles. The standard InChI is InChI=1S/C7H10N2O3/c1-2-5-12-7(11)9-4-3-6(10)8-9/h3-4H,2,5H2,1H3,(H,8,10). The largest absolute Gasteiger partial charge is 0.448 e. The first-order valence-electron chi connectivity index (χ1n) is 3.69. The molecule has 0 aliphatic carbocycles. The van der Waals surface area contributed by atoms with Gasteiger partial charge in [0.25, 0.3) is 5.56 Å². The van der Waals surface area contributed by atoms with Crippen LogP contribution in [0.4, 0.5) is 4.79 Å². The van der Waals surface area contributed by atoms with Crippen LogP contribution in [0.25, 0.3) is 0 Å². The van der Waals surface area contributed by atoms with Crippen molar-refractivity contribution < 1.29 is 9.53 Å². The molecule has 0 radical (unpaired) electrons. The highest BCUT2D eigenvalue weighted by atomic mass is 16.6. The molecule has 0 amide bonds. The monoisotopic (exact) mass is 170 g/mol. The Balaban J connectivity index is 2.59. The number of aromatic amines is 1. The molecular formula is C7H10N2O3. The highest BCUT2D eigenvalue weighted by Gasteiger charge is 2.03. The summed E-state index contributed by atoms with van der Waals surface area (Å²) in [6, 6.07) is 1.26. The lowest BCUT2D eigenvalue weighted by Crippen LogP contribution is -2.17. The van der Waals surface area contributed by atoms with E-state index in [1.165, 1.54) is 12.3 Å². The average molecular weight is 170 g/mol. The first kappa shape index (κ1) is 8.58. The summed E-state index contributed by atoms with van der Waals surface area (Å²) in [4.78, 5) is 21.6. The van der Waals surface area contributed by atoms with Gasteiger partial charge in [-0.25, -0.2) is 4.79 Å². The summed E-state index contributed by atoms with van der Waals surface area (Å²) in [6.45, 7) is 2.25. The molecule has 66 valence electrons. The van der Waals surface area contributed by atoms with Crippen molar-refractivity contribution in [2.24, 2.45) is 0 Å². The lowest BCUT2D eigenvalue weighted by atomic mass is 10.5. The van der Waals surface area contributed by atoms with E-state index in [0.717, 1.165) is 11.1 Å². The summed E-state index contributed by atoms with van der Waals surface area (Å²) < 4.78 is 5.76. The van der Waals surface area contributed by atoms with Crippen LogP contribution >= 0.6 is 0 Å². The van der Waals surface area contributed by atoms with Crippen LogP contribution in [0.2, 0.25) is 0 Å². The van der Waals surface area contributed by atoms with Crippen molar-refractivity contribution in [3.05, 3.63) is 22.6 Å². The molecule has 0 atom stereocenters. The molecule has 0 unspecified atom stereocenters. The Labute approximate surface area is 68.9 Å². The number of H-pyrrole nitrogens is 1. The number of ether oxygens (including phenoxy) is 1. The van der Waals surface area contributed by atoms with Crippen LogP contribution in [0.5, 0.6) is 0 Å². The van der Waals surface area contributed by atoms with Crippen molar-refractivity contribution in [3.63, 3.8) is 0 Å². The molecule has 1 aromatic heterocycles. The van der Waals surface area contributed by atoms with Crippen molar-refractivity contribution in [1.29, 1.82) is 0 Å². The fourth-order valence-corrected chi connectivity index (χ4v) is 0.701. The van der Waals surface area contributed by atoms with E-state index in [0.29, 0.717) is 6.61 Å². The van der Waals surface area contributed by atoms with Crippen LogP contribution in [0, 0.1) is 0 Å². The third-order valence-corrected chi connectivity index (χ3v) is 1.23. The Bertz CT molecular complexity index is 312. The molecule has 1 heterocycles. The maximum Gasteiger partial charge on any atom is 0.432 e. The molecule has 1 N–H and O–H groups in total. The molecule has 5 heteroatoms. The zero-order valence-electron chi connectivity index (χ0n) is 6.74. The van der Waals surface area contributed by atoms with Crippen molar-refractivity contribution >= 4 is 6.09 Å². The second kappa shape index (κ2) is 3.75. The molecule has 0 aliphatic heterocycles. The number of rotatable bonds is 2. The second-order valence-electron chi connectivity index (χ2n) is 2.28. The lowest BCUT2D eigenvalue weighted by Gasteiger charge is -2.01. The van der Waals surface area contributed by atoms with E-state index in [-0.39, 0.29) is 5.56 Å². The Kier molecular flexibility index (Phi) is 2.68. The SMILES string of the molecule is CCCOC(=O)n1ccc(=O)[nH]1. The van der Waals surface area contributed by atoms with Gasteiger partial charge < -0.3 is 4.74 Å². The van der Waals surface area contributed by atoms with Crippen LogP contribution in [0.15, 0.2) is 17.1 Å². The molecule has 1 rings (SSSR count). The Morgan fingerprint density at radius 2 is 2.50 bits per heavy atom. The smallest absolute Gasteiger partial charge is 0.432 e. The molecule has 5 nitrogen and oxygen atoms in total. The Morgan fingerprint density at radius 3 is 3.00 bits per heavy atom. The second-order valence-corrected chi connectivity index (χ2v) is 2.28. The molecule has 0 spiro atoms. The molecule has 0 aromatic carbocycles. The van der Waals surface area contributed by atoms with Gasteiger partial charge in [-0.05, 0) is 6.42 Å².